The van der Waals surface area contributed by atoms with Gasteiger partial charge >= 0.3 is 0 Å². The summed E-state index contributed by atoms with van der Waals surface area (Å²) < 4.78 is 5.83. The zero-order valence-corrected chi connectivity index (χ0v) is 24.3. The molecular formula is C34H34N6O4. The van der Waals surface area contributed by atoms with E-state index < -0.39 is 6.10 Å². The van der Waals surface area contributed by atoms with E-state index in [9.17, 15) is 14.7 Å². The summed E-state index contributed by atoms with van der Waals surface area (Å²) in [7, 11) is 0. The second kappa shape index (κ2) is 11.2. The van der Waals surface area contributed by atoms with Crippen molar-refractivity contribution in [3.63, 3.8) is 0 Å². The molecule has 1 spiro atoms. The molecule has 1 atom stereocenters. The molecule has 44 heavy (non-hydrogen) atoms. The second-order valence-corrected chi connectivity index (χ2v) is 12.0. The first-order valence-electron chi connectivity index (χ1n) is 15.0. The Morgan fingerprint density at radius 1 is 0.864 bits per heavy atom. The number of para-hydroxylation sites is 1. The average molecular weight is 591 g/mol. The van der Waals surface area contributed by atoms with Gasteiger partial charge in [-0.2, -0.15) is 0 Å². The van der Waals surface area contributed by atoms with Gasteiger partial charge in [0.25, 0.3) is 5.91 Å². The largest absolute Gasteiger partial charge is 0.507 e. The van der Waals surface area contributed by atoms with Crippen molar-refractivity contribution in [3.05, 3.63) is 78.9 Å². The molecule has 0 bridgehead atoms. The van der Waals surface area contributed by atoms with Gasteiger partial charge in [0.2, 0.25) is 5.91 Å². The molecule has 4 aromatic rings. The summed E-state index contributed by atoms with van der Waals surface area (Å²) in [4.78, 5) is 28.2. The number of ether oxygens (including phenoxy) is 1. The summed E-state index contributed by atoms with van der Waals surface area (Å²) in [6.07, 6.45) is 2.34. The van der Waals surface area contributed by atoms with E-state index in [1.165, 1.54) is 5.69 Å². The highest BCUT2D eigenvalue weighted by Gasteiger charge is 2.45. The number of aromatic nitrogens is 2. The molecule has 10 nitrogen and oxygen atoms in total. The first-order valence-corrected chi connectivity index (χ1v) is 15.0. The number of phenols is 1. The van der Waals surface area contributed by atoms with Gasteiger partial charge in [-0.15, -0.1) is 10.2 Å². The van der Waals surface area contributed by atoms with Crippen LogP contribution in [-0.4, -0.2) is 59.4 Å². The van der Waals surface area contributed by atoms with Gasteiger partial charge in [-0.05, 0) is 73.0 Å². The molecule has 3 aromatic carbocycles. The van der Waals surface area contributed by atoms with Crippen LogP contribution in [0.1, 0.15) is 25.7 Å². The Kier molecular flexibility index (Phi) is 7.04. The zero-order valence-electron chi connectivity index (χ0n) is 24.3. The number of aromatic hydroxyl groups is 1. The van der Waals surface area contributed by atoms with Crippen LogP contribution in [0.25, 0.3) is 22.4 Å². The van der Waals surface area contributed by atoms with Crippen LogP contribution in [0.3, 0.4) is 0 Å². The summed E-state index contributed by atoms with van der Waals surface area (Å²) in [5.41, 5.74) is 11.8. The fourth-order valence-corrected chi connectivity index (χ4v) is 6.49. The van der Waals surface area contributed by atoms with Gasteiger partial charge in [0, 0.05) is 66.9 Å². The summed E-state index contributed by atoms with van der Waals surface area (Å²) in [5, 5.41) is 20.9. The van der Waals surface area contributed by atoms with Crippen LogP contribution in [-0.2, 0) is 9.59 Å². The number of hydrogen-bond acceptors (Lipinski definition) is 9. The van der Waals surface area contributed by atoms with Crippen LogP contribution in [0, 0.1) is 5.41 Å². The Hall–Kier alpha value is -5.12. The smallest absolute Gasteiger partial charge is 0.267 e. The number of rotatable bonds is 6. The molecule has 10 heteroatoms. The number of carbonyl (C=O) groups excluding carboxylic acids is 2. The number of piperidine rings is 2. The molecule has 7 rings (SSSR count). The summed E-state index contributed by atoms with van der Waals surface area (Å²) in [6, 6.07) is 25.2. The molecule has 4 N–H and O–H groups in total. The molecule has 0 aliphatic carbocycles. The van der Waals surface area contributed by atoms with Crippen molar-refractivity contribution in [2.75, 3.05) is 41.7 Å². The second-order valence-electron chi connectivity index (χ2n) is 12.0. The Morgan fingerprint density at radius 2 is 1.55 bits per heavy atom. The van der Waals surface area contributed by atoms with Crippen molar-refractivity contribution in [1.82, 2.24) is 15.5 Å². The summed E-state index contributed by atoms with van der Waals surface area (Å²) in [6.45, 7) is 4.06. The van der Waals surface area contributed by atoms with E-state index in [0.29, 0.717) is 41.1 Å². The van der Waals surface area contributed by atoms with Gasteiger partial charge in [-0.25, -0.2) is 0 Å². The van der Waals surface area contributed by atoms with E-state index in [4.69, 9.17) is 10.5 Å². The lowest BCUT2D eigenvalue weighted by molar-refractivity contribution is -0.138. The fraction of sp³-hybridized carbons (Fsp3) is 0.294. The maximum Gasteiger partial charge on any atom is 0.267 e. The topological polar surface area (TPSA) is 134 Å². The minimum atomic E-state index is -0.625. The molecule has 3 fully saturated rings. The number of benzene rings is 3. The third kappa shape index (κ3) is 5.39. The van der Waals surface area contributed by atoms with E-state index in [1.54, 1.807) is 12.1 Å². The van der Waals surface area contributed by atoms with Crippen LogP contribution in [0.4, 0.5) is 17.2 Å². The molecule has 224 valence electrons. The lowest BCUT2D eigenvalue weighted by atomic mass is 9.71. The molecule has 1 aromatic heterocycles. The predicted octanol–water partition coefficient (Wildman–Crippen LogP) is 4.39. The molecule has 0 radical (unpaired) electrons. The number of anilines is 3. The van der Waals surface area contributed by atoms with E-state index in [1.807, 2.05) is 42.5 Å². The summed E-state index contributed by atoms with van der Waals surface area (Å²) >= 11 is 0. The number of nitrogens with zero attached hydrogens (tertiary/aromatic N) is 4. The van der Waals surface area contributed by atoms with Crippen LogP contribution in [0.15, 0.2) is 78.9 Å². The molecule has 2 amide bonds. The van der Waals surface area contributed by atoms with Gasteiger partial charge < -0.3 is 25.4 Å². The Labute approximate surface area is 255 Å². The van der Waals surface area contributed by atoms with E-state index >= 15 is 0 Å². The van der Waals surface area contributed by atoms with Gasteiger partial charge in [0.1, 0.15) is 11.5 Å². The predicted molar refractivity (Wildman–Crippen MR) is 168 cm³/mol. The number of nitrogens with two attached hydrogens (primary N) is 1. The van der Waals surface area contributed by atoms with E-state index in [2.05, 4.69) is 49.6 Å². The molecule has 0 saturated carbocycles. The van der Waals surface area contributed by atoms with E-state index in [-0.39, 0.29) is 17.6 Å². The Balaban J connectivity index is 0.939. The third-order valence-corrected chi connectivity index (χ3v) is 9.09. The average Bonchev–Trinajstić information content (AvgIpc) is 3.02. The maximum atomic E-state index is 12.0. The Bertz CT molecular complexity index is 1690. The van der Waals surface area contributed by atoms with Crippen LogP contribution >= 0.6 is 0 Å². The normalized spacial score (nSPS) is 19.4. The highest BCUT2D eigenvalue weighted by atomic mass is 16.5. The minimum Gasteiger partial charge on any atom is -0.507 e. The van der Waals surface area contributed by atoms with Crippen molar-refractivity contribution >= 4 is 29.0 Å². The van der Waals surface area contributed by atoms with Gasteiger partial charge in [0.05, 0.1) is 5.69 Å². The van der Waals surface area contributed by atoms with Crippen molar-refractivity contribution < 1.29 is 19.4 Å². The summed E-state index contributed by atoms with van der Waals surface area (Å²) in [5.74, 6) is 0.525. The SMILES string of the molecule is Nc1nnc(-c2ccccc2O)cc1-c1ccc(N2CC3(CCN(c4ccc(OC5CCC(=O)NC5=O)cc4)CC3)C2)cc1. The number of hydrogen-bond donors (Lipinski definition) is 3. The monoisotopic (exact) mass is 590 g/mol. The van der Waals surface area contributed by atoms with Gasteiger partial charge in [-0.3, -0.25) is 14.9 Å². The fourth-order valence-electron chi connectivity index (χ4n) is 6.49. The van der Waals surface area contributed by atoms with Crippen LogP contribution in [0.5, 0.6) is 11.5 Å². The number of carbonyl (C=O) groups is 2. The maximum absolute atomic E-state index is 12.0. The first kappa shape index (κ1) is 27.7. The molecule has 3 aliphatic heterocycles. The molecular weight excluding hydrogens is 556 g/mol. The standard InChI is InChI=1S/C34H34N6O4/c35-32-27(19-28(37-38-32)26-3-1-2-4-29(26)41)22-5-7-24(8-6-22)40-20-34(21-40)15-17-39(18-16-34)23-9-11-25(12-10-23)44-30-13-14-31(42)36-33(30)43/h1-12,19,30,41H,13-18,20-21H2,(H2,35,38)(H,36,42,43). The number of nitrogens with one attached hydrogen (secondary N) is 1. The first-order chi connectivity index (χ1) is 21.4. The Morgan fingerprint density at radius 3 is 2.25 bits per heavy atom. The van der Waals surface area contributed by atoms with Crippen molar-refractivity contribution in [2.24, 2.45) is 5.41 Å². The van der Waals surface area contributed by atoms with Gasteiger partial charge in [0.15, 0.2) is 11.9 Å². The number of phenolic OH excluding ortho intramolecular Hbond substituents is 1. The highest BCUT2D eigenvalue weighted by Crippen LogP contribution is 2.44. The quantitative estimate of drug-likeness (QED) is 0.280. The molecule has 3 aliphatic rings. The third-order valence-electron chi connectivity index (χ3n) is 9.09. The lowest BCUT2D eigenvalue weighted by Crippen LogP contribution is -2.60. The molecule has 4 heterocycles. The van der Waals surface area contributed by atoms with Crippen molar-refractivity contribution in [2.45, 2.75) is 31.8 Å². The van der Waals surface area contributed by atoms with E-state index in [0.717, 1.165) is 55.8 Å². The highest BCUT2D eigenvalue weighted by molar-refractivity contribution is 5.99. The number of imide groups is 1. The number of nitrogen functional groups attached to an aromatic ring is 1. The lowest BCUT2D eigenvalue weighted by Gasteiger charge is -2.55. The minimum absolute atomic E-state index is 0.153. The van der Waals surface area contributed by atoms with Crippen LogP contribution < -0.4 is 25.6 Å². The van der Waals surface area contributed by atoms with Crippen LogP contribution in [0.2, 0.25) is 0 Å². The van der Waals surface area contributed by atoms with Gasteiger partial charge in [-0.1, -0.05) is 24.3 Å². The van der Waals surface area contributed by atoms with Crippen molar-refractivity contribution in [3.8, 4) is 33.9 Å². The molecule has 1 unspecified atom stereocenters. The number of amides is 2. The zero-order chi connectivity index (χ0) is 30.3. The molecule has 3 saturated heterocycles. The van der Waals surface area contributed by atoms with Crippen molar-refractivity contribution in [1.29, 1.82) is 0 Å².